The third kappa shape index (κ3) is 2.81. The van der Waals surface area contributed by atoms with Crippen molar-refractivity contribution in [1.82, 2.24) is 14.9 Å². The Morgan fingerprint density at radius 1 is 0.893 bits per heavy atom. The second kappa shape index (κ2) is 6.06. The average Bonchev–Trinajstić information content (AvgIpc) is 3.40. The summed E-state index contributed by atoms with van der Waals surface area (Å²) >= 11 is 0. The zero-order valence-corrected chi connectivity index (χ0v) is 15.1. The number of hydrogen-bond acceptors (Lipinski definition) is 3. The van der Waals surface area contributed by atoms with Crippen LogP contribution in [0.1, 0.15) is 18.3 Å². The van der Waals surface area contributed by atoms with E-state index < -0.39 is 0 Å². The molecule has 6 heteroatoms. The number of ketones is 1. The summed E-state index contributed by atoms with van der Waals surface area (Å²) in [6.45, 7) is 1.44. The standard InChI is InChI=1S/C22H16N4O2/c1-13(27)26-20-10-18-6-4-16(24-18)8-14-2-3-15(23-14)9-17-5-7-19(25-17)11-21(26)22(28)12-20/h2-12,23-24H,1H3. The molecule has 0 unspecified atom stereocenters. The Labute approximate surface area is 160 Å². The molecule has 0 aliphatic carbocycles. The molecule has 0 spiro atoms. The van der Waals surface area contributed by atoms with Crippen LogP contribution in [0.3, 0.4) is 0 Å². The molecule has 2 N–H and O–H groups in total. The van der Waals surface area contributed by atoms with Crippen molar-refractivity contribution in [2.24, 2.45) is 4.99 Å². The lowest BCUT2D eigenvalue weighted by Gasteiger charge is -2.17. The Kier molecular flexibility index (Phi) is 3.52. The molecule has 2 aromatic rings. The average molecular weight is 368 g/mol. The maximum absolute atomic E-state index is 12.6. The van der Waals surface area contributed by atoms with Gasteiger partial charge in [0, 0.05) is 35.1 Å². The number of nitrogens with zero attached hydrogens (tertiary/aromatic N) is 2. The van der Waals surface area contributed by atoms with E-state index in [2.05, 4.69) is 15.0 Å². The predicted octanol–water partition coefficient (Wildman–Crippen LogP) is 1.52. The fourth-order valence-corrected chi connectivity index (χ4v) is 3.49. The van der Waals surface area contributed by atoms with Crippen molar-refractivity contribution >= 4 is 35.6 Å². The third-order valence-corrected chi connectivity index (χ3v) is 4.69. The van der Waals surface area contributed by atoms with E-state index in [1.165, 1.54) is 17.9 Å². The number of aliphatic imine (C=N–C) groups is 1. The smallest absolute Gasteiger partial charge is 0.228 e. The lowest BCUT2D eigenvalue weighted by Crippen LogP contribution is -2.26. The van der Waals surface area contributed by atoms with E-state index in [0.717, 1.165) is 27.8 Å². The van der Waals surface area contributed by atoms with Crippen LogP contribution in [0.25, 0.3) is 18.2 Å². The van der Waals surface area contributed by atoms with Crippen LogP contribution in [-0.2, 0) is 9.59 Å². The minimum Gasteiger partial charge on any atom is -0.355 e. The second-order valence-corrected chi connectivity index (χ2v) is 6.78. The van der Waals surface area contributed by atoms with Crippen LogP contribution in [0.15, 0.2) is 70.7 Å². The summed E-state index contributed by atoms with van der Waals surface area (Å²) in [7, 11) is 0. The molecule has 136 valence electrons. The van der Waals surface area contributed by atoms with E-state index in [4.69, 9.17) is 0 Å². The van der Waals surface area contributed by atoms with Gasteiger partial charge in [-0.25, -0.2) is 4.99 Å². The number of H-pyrrole nitrogens is 2. The van der Waals surface area contributed by atoms with Crippen molar-refractivity contribution in [3.05, 3.63) is 87.7 Å². The van der Waals surface area contributed by atoms with Gasteiger partial charge in [0.1, 0.15) is 0 Å². The quantitative estimate of drug-likeness (QED) is 0.739. The van der Waals surface area contributed by atoms with E-state index in [9.17, 15) is 9.59 Å². The predicted molar refractivity (Wildman–Crippen MR) is 107 cm³/mol. The zero-order valence-electron chi connectivity index (χ0n) is 15.1. The number of fused-ring (bicyclic) bond motifs is 7. The molecular weight excluding hydrogens is 352 g/mol. The number of carbonyl (C=O) groups excluding carboxylic acids is 2. The summed E-state index contributed by atoms with van der Waals surface area (Å²) in [6.07, 6.45) is 12.6. The fraction of sp³-hybridized carbons (Fsp3) is 0.0455. The van der Waals surface area contributed by atoms with Crippen LogP contribution >= 0.6 is 0 Å². The van der Waals surface area contributed by atoms with Crippen LogP contribution < -0.4 is 10.7 Å². The van der Waals surface area contributed by atoms with Crippen molar-refractivity contribution in [2.75, 3.05) is 0 Å². The molecule has 0 saturated heterocycles. The monoisotopic (exact) mass is 368 g/mol. The first-order chi connectivity index (χ1) is 13.5. The van der Waals surface area contributed by atoms with Gasteiger partial charge in [0.05, 0.1) is 22.8 Å². The van der Waals surface area contributed by atoms with E-state index in [1.54, 1.807) is 12.2 Å². The molecule has 8 bridgehead atoms. The maximum Gasteiger partial charge on any atom is 0.228 e. The molecule has 0 aromatic carbocycles. The SMILES string of the molecule is CC(=O)N1C2=CC(=O)C1=CC1=NC(=Cc3ccc([nH]3)C=c3ccc([nH]3)=C2)C=C1. The molecule has 3 aliphatic heterocycles. The van der Waals surface area contributed by atoms with Crippen LogP contribution in [0, 0.1) is 0 Å². The molecule has 5 heterocycles. The summed E-state index contributed by atoms with van der Waals surface area (Å²) in [5, 5.41) is 1.72. The first-order valence-electron chi connectivity index (χ1n) is 8.90. The highest BCUT2D eigenvalue weighted by Gasteiger charge is 2.29. The highest BCUT2D eigenvalue weighted by molar-refractivity contribution is 6.18. The van der Waals surface area contributed by atoms with E-state index in [-0.39, 0.29) is 11.7 Å². The van der Waals surface area contributed by atoms with Crippen molar-refractivity contribution in [2.45, 2.75) is 6.92 Å². The van der Waals surface area contributed by atoms with Gasteiger partial charge in [-0.1, -0.05) is 0 Å². The topological polar surface area (TPSA) is 81.3 Å². The number of aromatic amines is 2. The van der Waals surface area contributed by atoms with Crippen molar-refractivity contribution in [3.8, 4) is 0 Å². The Balaban J connectivity index is 1.75. The maximum atomic E-state index is 12.6. The summed E-state index contributed by atoms with van der Waals surface area (Å²) in [6, 6.07) is 7.85. The molecule has 3 aliphatic rings. The molecule has 5 rings (SSSR count). The largest absolute Gasteiger partial charge is 0.355 e. The number of hydrogen-bond donors (Lipinski definition) is 2. The van der Waals surface area contributed by atoms with Gasteiger partial charge in [0.25, 0.3) is 0 Å². The molecule has 2 aromatic heterocycles. The van der Waals surface area contributed by atoms with Gasteiger partial charge >= 0.3 is 0 Å². The summed E-state index contributed by atoms with van der Waals surface area (Å²) in [5.74, 6) is -0.443. The van der Waals surface area contributed by atoms with Crippen LogP contribution in [0.5, 0.6) is 0 Å². The molecule has 0 fully saturated rings. The second-order valence-electron chi connectivity index (χ2n) is 6.78. The fourth-order valence-electron chi connectivity index (χ4n) is 3.49. The Bertz CT molecular complexity index is 1310. The number of rotatable bonds is 0. The number of carbonyl (C=O) groups is 2. The molecule has 6 nitrogen and oxygen atoms in total. The van der Waals surface area contributed by atoms with Crippen LogP contribution in [0.4, 0.5) is 0 Å². The van der Waals surface area contributed by atoms with Gasteiger partial charge in [-0.3, -0.25) is 14.5 Å². The van der Waals surface area contributed by atoms with Crippen LogP contribution in [0.2, 0.25) is 0 Å². The Morgan fingerprint density at radius 2 is 1.64 bits per heavy atom. The van der Waals surface area contributed by atoms with Gasteiger partial charge in [-0.15, -0.1) is 0 Å². The van der Waals surface area contributed by atoms with Crippen LogP contribution in [-0.4, -0.2) is 32.3 Å². The van der Waals surface area contributed by atoms with Gasteiger partial charge in [-0.05, 0) is 60.7 Å². The molecule has 0 radical (unpaired) electrons. The Morgan fingerprint density at radius 3 is 2.43 bits per heavy atom. The van der Waals surface area contributed by atoms with Gasteiger partial charge in [0.15, 0.2) is 0 Å². The minimum absolute atomic E-state index is 0.216. The number of amides is 1. The highest BCUT2D eigenvalue weighted by atomic mass is 16.2. The van der Waals surface area contributed by atoms with Crippen molar-refractivity contribution in [3.63, 3.8) is 0 Å². The van der Waals surface area contributed by atoms with Crippen molar-refractivity contribution in [1.29, 1.82) is 0 Å². The molecule has 1 amide bonds. The molecule has 0 atom stereocenters. The van der Waals surface area contributed by atoms with E-state index in [1.807, 2.05) is 48.6 Å². The van der Waals surface area contributed by atoms with E-state index >= 15 is 0 Å². The molecule has 28 heavy (non-hydrogen) atoms. The summed E-state index contributed by atoms with van der Waals surface area (Å²) in [5.41, 5.74) is 4.12. The normalized spacial score (nSPS) is 17.5. The van der Waals surface area contributed by atoms with Gasteiger partial charge < -0.3 is 9.97 Å². The minimum atomic E-state index is -0.227. The third-order valence-electron chi connectivity index (χ3n) is 4.69. The number of aromatic nitrogens is 2. The zero-order chi connectivity index (χ0) is 19.3. The summed E-state index contributed by atoms with van der Waals surface area (Å²) in [4.78, 5) is 37.4. The van der Waals surface area contributed by atoms with Gasteiger partial charge in [0.2, 0.25) is 11.7 Å². The Hall–Kier alpha value is -3.93. The van der Waals surface area contributed by atoms with Crippen molar-refractivity contribution < 1.29 is 9.59 Å². The van der Waals surface area contributed by atoms with E-state index in [0.29, 0.717) is 17.1 Å². The summed E-state index contributed by atoms with van der Waals surface area (Å²) < 4.78 is 0. The van der Waals surface area contributed by atoms with Gasteiger partial charge in [-0.2, -0.15) is 0 Å². The molecular formula is C22H16N4O2. The lowest BCUT2D eigenvalue weighted by atomic mass is 10.2. The first-order valence-corrected chi connectivity index (χ1v) is 8.90. The molecule has 0 saturated carbocycles. The number of allylic oxidation sites excluding steroid dienone is 5. The number of nitrogens with one attached hydrogen (secondary N) is 2. The first kappa shape index (κ1) is 16.3. The lowest BCUT2D eigenvalue weighted by molar-refractivity contribution is -0.126. The highest BCUT2D eigenvalue weighted by Crippen LogP contribution is 2.25.